The normalized spacial score (nSPS) is 9.73. The van der Waals surface area contributed by atoms with Crippen LogP contribution in [0.1, 0.15) is 16.8 Å². The van der Waals surface area contributed by atoms with Crippen LogP contribution in [0.5, 0.6) is 5.75 Å². The van der Waals surface area contributed by atoms with Gasteiger partial charge < -0.3 is 9.72 Å². The summed E-state index contributed by atoms with van der Waals surface area (Å²) >= 11 is 0. The van der Waals surface area contributed by atoms with Crippen LogP contribution in [-0.2, 0) is 16.0 Å². The minimum atomic E-state index is 0.250. The fraction of sp³-hybridized carbons (Fsp3) is 0.176. The van der Waals surface area contributed by atoms with Crippen molar-refractivity contribution in [2.24, 2.45) is 0 Å². The highest BCUT2D eigenvalue weighted by Gasteiger charge is 2.03. The first-order chi connectivity index (χ1) is 10.7. The van der Waals surface area contributed by atoms with Gasteiger partial charge in [0.15, 0.2) is 0 Å². The molecule has 0 atom stereocenters. The van der Waals surface area contributed by atoms with Crippen molar-refractivity contribution in [1.29, 1.82) is 0 Å². The number of rotatable bonds is 3. The predicted octanol–water partition coefficient (Wildman–Crippen LogP) is 2.89. The van der Waals surface area contributed by atoms with Crippen molar-refractivity contribution in [2.75, 3.05) is 7.11 Å². The van der Waals surface area contributed by atoms with Crippen LogP contribution in [0.2, 0.25) is 0 Å². The van der Waals surface area contributed by atoms with Gasteiger partial charge in [-0.25, -0.2) is 4.98 Å². The lowest BCUT2D eigenvalue weighted by Crippen LogP contribution is -1.91. The van der Waals surface area contributed by atoms with E-state index in [4.69, 9.17) is 14.3 Å². The van der Waals surface area contributed by atoms with E-state index in [1.807, 2.05) is 25.3 Å². The first-order valence-electron chi connectivity index (χ1n) is 6.72. The molecule has 0 spiro atoms. The molecule has 0 aliphatic heterocycles. The number of ether oxygens (including phenoxy) is 1. The Morgan fingerprint density at radius 3 is 2.68 bits per heavy atom. The molecule has 0 aliphatic rings. The standard InChI is InChI=1S/C16H16N2O.CO2/c1-11-6-14-8-13(10-17-16(14)18-11)7-12-4-3-5-15(9-12)19-2;2-1-3/h3-6,8-10H,7H2,1-2H3,(H,17,18);. The van der Waals surface area contributed by atoms with Gasteiger partial charge in [-0.3, -0.25) is 0 Å². The number of H-pyrrole nitrogens is 1. The molecule has 0 amide bonds. The fourth-order valence-electron chi connectivity index (χ4n) is 2.31. The van der Waals surface area contributed by atoms with Crippen molar-refractivity contribution in [2.45, 2.75) is 13.3 Å². The smallest absolute Gasteiger partial charge is 0.373 e. The number of fused-ring (bicyclic) bond motifs is 1. The average Bonchev–Trinajstić information content (AvgIpc) is 2.87. The van der Waals surface area contributed by atoms with Crippen LogP contribution in [0.15, 0.2) is 42.6 Å². The Morgan fingerprint density at radius 1 is 1.18 bits per heavy atom. The summed E-state index contributed by atoms with van der Waals surface area (Å²) in [4.78, 5) is 23.9. The molecule has 0 unspecified atom stereocenters. The van der Waals surface area contributed by atoms with Gasteiger partial charge in [0.1, 0.15) is 11.4 Å². The van der Waals surface area contributed by atoms with Crippen LogP contribution in [0.25, 0.3) is 11.0 Å². The summed E-state index contributed by atoms with van der Waals surface area (Å²) in [5, 5.41) is 1.16. The van der Waals surface area contributed by atoms with Crippen molar-refractivity contribution in [3.63, 3.8) is 0 Å². The maximum Gasteiger partial charge on any atom is 0.373 e. The molecule has 2 heterocycles. The summed E-state index contributed by atoms with van der Waals surface area (Å²) < 4.78 is 5.25. The van der Waals surface area contributed by atoms with Crippen LogP contribution in [-0.4, -0.2) is 23.2 Å². The van der Waals surface area contributed by atoms with E-state index >= 15 is 0 Å². The van der Waals surface area contributed by atoms with E-state index in [9.17, 15) is 0 Å². The lowest BCUT2D eigenvalue weighted by molar-refractivity contribution is -0.191. The van der Waals surface area contributed by atoms with E-state index in [1.54, 1.807) is 7.11 Å². The number of aryl methyl sites for hydroxylation is 1. The molecule has 0 bridgehead atoms. The van der Waals surface area contributed by atoms with Crippen molar-refractivity contribution >= 4 is 17.2 Å². The van der Waals surface area contributed by atoms with Gasteiger partial charge in [-0.15, -0.1) is 0 Å². The minimum Gasteiger partial charge on any atom is -0.497 e. The van der Waals surface area contributed by atoms with Gasteiger partial charge in [0.2, 0.25) is 0 Å². The average molecular weight is 296 g/mol. The number of nitrogens with zero attached hydrogens (tertiary/aromatic N) is 1. The van der Waals surface area contributed by atoms with Crippen LogP contribution in [0, 0.1) is 6.92 Å². The zero-order valence-corrected chi connectivity index (χ0v) is 12.4. The number of nitrogens with one attached hydrogen (secondary N) is 1. The molecule has 5 nitrogen and oxygen atoms in total. The molecule has 3 aromatic rings. The number of methoxy groups -OCH3 is 1. The van der Waals surface area contributed by atoms with Crippen molar-refractivity contribution in [1.82, 2.24) is 9.97 Å². The number of hydrogen-bond donors (Lipinski definition) is 1. The van der Waals surface area contributed by atoms with E-state index in [1.165, 1.54) is 11.1 Å². The third-order valence-electron chi connectivity index (χ3n) is 3.20. The SMILES string of the molecule is COc1cccc(Cc2cnc3[nH]c(C)cc3c2)c1.O=C=O. The molecule has 1 aromatic carbocycles. The molecule has 0 fully saturated rings. The van der Waals surface area contributed by atoms with Gasteiger partial charge in [-0.05, 0) is 48.7 Å². The summed E-state index contributed by atoms with van der Waals surface area (Å²) in [5.41, 5.74) is 4.53. The molecule has 112 valence electrons. The first kappa shape index (κ1) is 15.5. The lowest BCUT2D eigenvalue weighted by Gasteiger charge is -2.04. The Labute approximate surface area is 128 Å². The molecule has 22 heavy (non-hydrogen) atoms. The number of aromatic nitrogens is 2. The van der Waals surface area contributed by atoms with E-state index in [-0.39, 0.29) is 6.15 Å². The topological polar surface area (TPSA) is 72.0 Å². The number of hydrogen-bond acceptors (Lipinski definition) is 4. The van der Waals surface area contributed by atoms with E-state index < -0.39 is 0 Å². The number of aromatic amines is 1. The van der Waals surface area contributed by atoms with Gasteiger partial charge in [0.05, 0.1) is 7.11 Å². The number of benzene rings is 1. The summed E-state index contributed by atoms with van der Waals surface area (Å²) in [6.45, 7) is 2.05. The van der Waals surface area contributed by atoms with Crippen LogP contribution in [0.3, 0.4) is 0 Å². The van der Waals surface area contributed by atoms with Crippen LogP contribution >= 0.6 is 0 Å². The van der Waals surface area contributed by atoms with Crippen molar-refractivity contribution in [3.8, 4) is 5.75 Å². The molecule has 0 saturated carbocycles. The largest absolute Gasteiger partial charge is 0.497 e. The second-order valence-electron chi connectivity index (χ2n) is 4.85. The summed E-state index contributed by atoms with van der Waals surface area (Å²) in [6, 6.07) is 12.4. The Morgan fingerprint density at radius 2 is 1.95 bits per heavy atom. The van der Waals surface area contributed by atoms with Crippen molar-refractivity contribution < 1.29 is 14.3 Å². The van der Waals surface area contributed by atoms with Crippen LogP contribution in [0.4, 0.5) is 0 Å². The maximum absolute atomic E-state index is 8.12. The quantitative estimate of drug-likeness (QED) is 0.806. The molecule has 0 radical (unpaired) electrons. The Hall–Kier alpha value is -2.91. The van der Waals surface area contributed by atoms with Gasteiger partial charge in [-0.1, -0.05) is 12.1 Å². The third kappa shape index (κ3) is 3.81. The fourth-order valence-corrected chi connectivity index (χ4v) is 2.31. The highest BCUT2D eigenvalue weighted by molar-refractivity contribution is 5.77. The molecule has 0 aliphatic carbocycles. The number of pyridine rings is 1. The Kier molecular flexibility index (Phi) is 5.07. The van der Waals surface area contributed by atoms with E-state index in [2.05, 4.69) is 34.2 Å². The second kappa shape index (κ2) is 7.20. The predicted molar refractivity (Wildman–Crippen MR) is 81.6 cm³/mol. The molecule has 1 N–H and O–H groups in total. The first-order valence-corrected chi connectivity index (χ1v) is 6.72. The highest BCUT2D eigenvalue weighted by atomic mass is 16.5. The van der Waals surface area contributed by atoms with E-state index in [0.29, 0.717) is 0 Å². The summed E-state index contributed by atoms with van der Waals surface area (Å²) in [7, 11) is 1.69. The van der Waals surface area contributed by atoms with Gasteiger partial charge in [-0.2, -0.15) is 9.59 Å². The Balaban J connectivity index is 0.000000545. The molecule has 2 aromatic heterocycles. The highest BCUT2D eigenvalue weighted by Crippen LogP contribution is 2.19. The zero-order chi connectivity index (χ0) is 15.9. The van der Waals surface area contributed by atoms with Crippen LogP contribution < -0.4 is 4.74 Å². The number of carbonyl (C=O) groups excluding carboxylic acids is 2. The summed E-state index contributed by atoms with van der Waals surface area (Å²) in [6.07, 6.45) is 3.04. The molecule has 3 rings (SSSR count). The molecular formula is C17H16N2O3. The van der Waals surface area contributed by atoms with Gasteiger partial charge in [0.25, 0.3) is 0 Å². The monoisotopic (exact) mass is 296 g/mol. The zero-order valence-electron chi connectivity index (χ0n) is 12.4. The maximum atomic E-state index is 8.12. The molecule has 0 saturated heterocycles. The lowest BCUT2D eigenvalue weighted by atomic mass is 10.1. The molecule has 5 heteroatoms. The Bertz CT molecular complexity index is 803. The van der Waals surface area contributed by atoms with Gasteiger partial charge in [0, 0.05) is 17.3 Å². The van der Waals surface area contributed by atoms with Crippen molar-refractivity contribution in [3.05, 3.63) is 59.4 Å². The van der Waals surface area contributed by atoms with Gasteiger partial charge >= 0.3 is 6.15 Å². The second-order valence-corrected chi connectivity index (χ2v) is 4.85. The van der Waals surface area contributed by atoms with E-state index in [0.717, 1.165) is 28.9 Å². The minimum absolute atomic E-state index is 0.250. The molecular weight excluding hydrogens is 280 g/mol. The summed E-state index contributed by atoms with van der Waals surface area (Å²) in [5.74, 6) is 0.893. The third-order valence-corrected chi connectivity index (χ3v) is 3.20.